The van der Waals surface area contributed by atoms with Gasteiger partial charge in [-0.25, -0.2) is 13.2 Å². The Balaban J connectivity index is 1.70. The van der Waals surface area contributed by atoms with Gasteiger partial charge in [0.05, 0.1) is 24.9 Å². The monoisotopic (exact) mass is 461 g/mol. The number of nitrogens with zero attached hydrogens (tertiary/aromatic N) is 1. The lowest BCUT2D eigenvalue weighted by Crippen LogP contribution is -2.01. The molecule has 0 unspecified atom stereocenters. The number of halogens is 3. The second-order valence-corrected chi connectivity index (χ2v) is 9.50. The zero-order chi connectivity index (χ0) is 22.9. The molecule has 168 valence electrons. The van der Waals surface area contributed by atoms with E-state index < -0.39 is 25.0 Å². The van der Waals surface area contributed by atoms with Gasteiger partial charge in [0.2, 0.25) is 0 Å². The van der Waals surface area contributed by atoms with Crippen molar-refractivity contribution in [3.05, 3.63) is 83.2 Å². The molecule has 4 nitrogen and oxygen atoms in total. The standard InChI is InChI=1S/C24H23F3NO3P/c1-3-30-32(29,31-4-2)15-17-7-5-16(6-8-17)14-28-22-10-9-18(25)11-20(22)24-21(27)12-19(26)13-23(24)28/h5-13H,3-4,14-15H2,1-2H3. The van der Waals surface area contributed by atoms with Gasteiger partial charge in [-0.2, -0.15) is 0 Å². The molecule has 0 aliphatic carbocycles. The first-order valence-electron chi connectivity index (χ1n) is 10.4. The molecule has 0 aliphatic rings. The average Bonchev–Trinajstić information content (AvgIpc) is 3.02. The lowest BCUT2D eigenvalue weighted by atomic mass is 10.1. The molecular weight excluding hydrogens is 438 g/mol. The lowest BCUT2D eigenvalue weighted by Gasteiger charge is -2.17. The minimum absolute atomic E-state index is 0.153. The Morgan fingerprint density at radius 2 is 1.47 bits per heavy atom. The Hall–Kier alpha value is -2.60. The largest absolute Gasteiger partial charge is 0.336 e. The Kier molecular flexibility index (Phi) is 6.42. The Labute approximate surface area is 184 Å². The summed E-state index contributed by atoms with van der Waals surface area (Å²) in [4.78, 5) is 0. The van der Waals surface area contributed by atoms with Crippen molar-refractivity contribution in [3.8, 4) is 0 Å². The van der Waals surface area contributed by atoms with E-state index in [2.05, 4.69) is 0 Å². The summed E-state index contributed by atoms with van der Waals surface area (Å²) in [5.74, 6) is -1.91. The highest BCUT2D eigenvalue weighted by molar-refractivity contribution is 7.53. The van der Waals surface area contributed by atoms with E-state index in [0.29, 0.717) is 23.0 Å². The second-order valence-electron chi connectivity index (χ2n) is 7.45. The summed E-state index contributed by atoms with van der Waals surface area (Å²) in [7, 11) is -3.22. The number of fused-ring (bicyclic) bond motifs is 3. The summed E-state index contributed by atoms with van der Waals surface area (Å²) < 4.78 is 67.6. The van der Waals surface area contributed by atoms with Gasteiger partial charge in [-0.05, 0) is 49.2 Å². The summed E-state index contributed by atoms with van der Waals surface area (Å²) in [6.07, 6.45) is 0.153. The van der Waals surface area contributed by atoms with E-state index in [1.165, 1.54) is 18.2 Å². The first-order chi connectivity index (χ1) is 15.3. The van der Waals surface area contributed by atoms with Crippen molar-refractivity contribution in [2.24, 2.45) is 0 Å². The third-order valence-corrected chi connectivity index (χ3v) is 7.29. The normalized spacial score (nSPS) is 12.2. The van der Waals surface area contributed by atoms with E-state index in [-0.39, 0.29) is 24.8 Å². The van der Waals surface area contributed by atoms with Crippen molar-refractivity contribution in [1.82, 2.24) is 4.57 Å². The molecule has 32 heavy (non-hydrogen) atoms. The molecule has 0 bridgehead atoms. The Morgan fingerprint density at radius 1 is 0.812 bits per heavy atom. The molecule has 1 heterocycles. The summed E-state index contributed by atoms with van der Waals surface area (Å²) in [6, 6.07) is 13.6. The summed E-state index contributed by atoms with van der Waals surface area (Å²) in [5.41, 5.74) is 2.61. The molecule has 3 aromatic carbocycles. The second kappa shape index (κ2) is 9.10. The van der Waals surface area contributed by atoms with Gasteiger partial charge in [-0.3, -0.25) is 4.57 Å². The van der Waals surface area contributed by atoms with E-state index in [4.69, 9.17) is 9.05 Å². The predicted molar refractivity (Wildman–Crippen MR) is 119 cm³/mol. The SMILES string of the molecule is CCOP(=O)(Cc1ccc(Cn2c3ccc(F)cc3c3c(F)cc(F)cc32)cc1)OCC. The van der Waals surface area contributed by atoms with Crippen molar-refractivity contribution >= 4 is 29.4 Å². The van der Waals surface area contributed by atoms with Crippen LogP contribution in [-0.2, 0) is 26.3 Å². The smallest absolute Gasteiger partial charge is 0.335 e. The van der Waals surface area contributed by atoms with Crippen LogP contribution in [0.15, 0.2) is 54.6 Å². The van der Waals surface area contributed by atoms with E-state index in [9.17, 15) is 17.7 Å². The highest BCUT2D eigenvalue weighted by atomic mass is 31.2. The lowest BCUT2D eigenvalue weighted by molar-refractivity contribution is 0.219. The number of aromatic nitrogens is 1. The molecule has 0 fully saturated rings. The van der Waals surface area contributed by atoms with Crippen LogP contribution in [0.25, 0.3) is 21.8 Å². The van der Waals surface area contributed by atoms with Crippen LogP contribution in [0.2, 0.25) is 0 Å². The summed E-state index contributed by atoms with van der Waals surface area (Å²) >= 11 is 0. The maximum absolute atomic E-state index is 14.6. The molecular formula is C24H23F3NO3P. The third-order valence-electron chi connectivity index (χ3n) is 5.24. The molecule has 4 rings (SSSR count). The van der Waals surface area contributed by atoms with Gasteiger partial charge < -0.3 is 13.6 Å². The predicted octanol–water partition coefficient (Wildman–Crippen LogP) is 7.03. The van der Waals surface area contributed by atoms with Gasteiger partial charge in [0.1, 0.15) is 17.5 Å². The van der Waals surface area contributed by atoms with Gasteiger partial charge in [0, 0.05) is 28.9 Å². The zero-order valence-electron chi connectivity index (χ0n) is 17.8. The van der Waals surface area contributed by atoms with Crippen molar-refractivity contribution in [2.75, 3.05) is 13.2 Å². The fourth-order valence-corrected chi connectivity index (χ4v) is 5.66. The number of hydrogen-bond acceptors (Lipinski definition) is 3. The number of benzene rings is 3. The molecule has 0 aliphatic heterocycles. The molecule has 0 spiro atoms. The molecule has 0 amide bonds. The molecule has 0 N–H and O–H groups in total. The Morgan fingerprint density at radius 3 is 2.12 bits per heavy atom. The van der Waals surface area contributed by atoms with E-state index in [1.807, 2.05) is 24.3 Å². The molecule has 8 heteroatoms. The summed E-state index contributed by atoms with van der Waals surface area (Å²) in [6.45, 7) is 4.42. The molecule has 0 saturated heterocycles. The van der Waals surface area contributed by atoms with Crippen molar-refractivity contribution in [2.45, 2.75) is 26.6 Å². The first kappa shape index (κ1) is 22.6. The third kappa shape index (κ3) is 4.46. The summed E-state index contributed by atoms with van der Waals surface area (Å²) in [5, 5.41) is 0.579. The molecule has 0 radical (unpaired) electrons. The van der Waals surface area contributed by atoms with Crippen LogP contribution in [0.1, 0.15) is 25.0 Å². The van der Waals surface area contributed by atoms with Crippen LogP contribution in [0.5, 0.6) is 0 Å². The fraction of sp³-hybridized carbons (Fsp3) is 0.250. The molecule has 0 saturated carbocycles. The molecule has 0 atom stereocenters. The first-order valence-corrected chi connectivity index (χ1v) is 12.1. The highest BCUT2D eigenvalue weighted by Gasteiger charge is 2.24. The van der Waals surface area contributed by atoms with Crippen LogP contribution in [0, 0.1) is 17.5 Å². The van der Waals surface area contributed by atoms with Crippen LogP contribution < -0.4 is 0 Å². The van der Waals surface area contributed by atoms with Gasteiger partial charge >= 0.3 is 7.60 Å². The van der Waals surface area contributed by atoms with Gasteiger partial charge in [-0.1, -0.05) is 24.3 Å². The van der Waals surface area contributed by atoms with Crippen molar-refractivity contribution < 1.29 is 26.8 Å². The fourth-order valence-electron chi connectivity index (χ4n) is 3.96. The van der Waals surface area contributed by atoms with E-state index in [0.717, 1.165) is 17.2 Å². The van der Waals surface area contributed by atoms with Gasteiger partial charge in [-0.15, -0.1) is 0 Å². The molecule has 4 aromatic rings. The van der Waals surface area contributed by atoms with Crippen LogP contribution in [-0.4, -0.2) is 17.8 Å². The number of rotatable bonds is 8. The van der Waals surface area contributed by atoms with Crippen LogP contribution >= 0.6 is 7.60 Å². The minimum atomic E-state index is -3.22. The van der Waals surface area contributed by atoms with Crippen molar-refractivity contribution in [1.29, 1.82) is 0 Å². The van der Waals surface area contributed by atoms with Gasteiger partial charge in [0.15, 0.2) is 0 Å². The number of hydrogen-bond donors (Lipinski definition) is 0. The zero-order valence-corrected chi connectivity index (χ0v) is 18.7. The average molecular weight is 461 g/mol. The minimum Gasteiger partial charge on any atom is -0.336 e. The molecule has 1 aromatic heterocycles. The van der Waals surface area contributed by atoms with E-state index >= 15 is 0 Å². The van der Waals surface area contributed by atoms with Crippen molar-refractivity contribution in [3.63, 3.8) is 0 Å². The Bertz CT molecular complexity index is 1310. The quantitative estimate of drug-likeness (QED) is 0.265. The maximum atomic E-state index is 14.6. The van der Waals surface area contributed by atoms with Crippen LogP contribution in [0.3, 0.4) is 0 Å². The highest BCUT2D eigenvalue weighted by Crippen LogP contribution is 2.51. The van der Waals surface area contributed by atoms with Crippen LogP contribution in [0.4, 0.5) is 13.2 Å². The maximum Gasteiger partial charge on any atom is 0.335 e. The van der Waals surface area contributed by atoms with Gasteiger partial charge in [0.25, 0.3) is 0 Å². The topological polar surface area (TPSA) is 40.5 Å². The van der Waals surface area contributed by atoms with E-state index in [1.54, 1.807) is 24.5 Å².